The van der Waals surface area contributed by atoms with Gasteiger partial charge < -0.3 is 24.6 Å². The number of amides is 2. The predicted molar refractivity (Wildman–Crippen MR) is 93.9 cm³/mol. The Kier molecular flexibility index (Phi) is 5.27. The molecule has 1 N–H and O–H groups in total. The number of rotatable bonds is 3. The van der Waals surface area contributed by atoms with Crippen LogP contribution in [0.4, 0.5) is 10.6 Å². The fourth-order valence-electron chi connectivity index (χ4n) is 3.69. The van der Waals surface area contributed by atoms with E-state index in [1.165, 1.54) is 6.33 Å². The highest BCUT2D eigenvalue weighted by atomic mass is 16.5. The number of piperidine rings is 1. The number of carbonyl (C=O) groups excluding carboxylic acids is 1. The Morgan fingerprint density at radius 2 is 2.12 bits per heavy atom. The molecule has 0 aromatic carbocycles. The molecule has 138 valence electrons. The largest absolute Gasteiger partial charge is 0.481 e. The zero-order valence-corrected chi connectivity index (χ0v) is 15.2. The third-order valence-corrected chi connectivity index (χ3v) is 5.39. The van der Waals surface area contributed by atoms with Crippen molar-refractivity contribution in [2.24, 2.45) is 5.41 Å². The topological polar surface area (TPSA) is 79.8 Å². The summed E-state index contributed by atoms with van der Waals surface area (Å²) in [5.74, 6) is 1.47. The first-order valence-corrected chi connectivity index (χ1v) is 8.71. The van der Waals surface area contributed by atoms with Crippen molar-refractivity contribution in [2.75, 3.05) is 52.4 Å². The molecule has 1 atom stereocenters. The van der Waals surface area contributed by atoms with Crippen molar-refractivity contribution >= 4 is 11.8 Å². The van der Waals surface area contributed by atoms with Crippen LogP contribution < -0.4 is 15.0 Å². The molecule has 1 spiro atoms. The van der Waals surface area contributed by atoms with E-state index in [4.69, 9.17) is 9.47 Å². The van der Waals surface area contributed by atoms with E-state index >= 15 is 0 Å². The Morgan fingerprint density at radius 1 is 1.36 bits per heavy atom. The highest BCUT2D eigenvalue weighted by Gasteiger charge is 2.44. The Labute approximate surface area is 148 Å². The van der Waals surface area contributed by atoms with E-state index in [2.05, 4.69) is 20.2 Å². The highest BCUT2D eigenvalue weighted by Crippen LogP contribution is 2.41. The summed E-state index contributed by atoms with van der Waals surface area (Å²) in [6.07, 6.45) is 4.52. The van der Waals surface area contributed by atoms with E-state index in [1.807, 2.05) is 6.07 Å². The number of anilines is 1. The molecule has 2 aliphatic heterocycles. The second-order valence-electron chi connectivity index (χ2n) is 6.99. The van der Waals surface area contributed by atoms with Crippen molar-refractivity contribution in [3.05, 3.63) is 12.4 Å². The molecule has 2 fully saturated rings. The van der Waals surface area contributed by atoms with E-state index in [0.29, 0.717) is 12.5 Å². The molecule has 0 saturated carbocycles. The van der Waals surface area contributed by atoms with Gasteiger partial charge in [0.05, 0.1) is 19.8 Å². The summed E-state index contributed by atoms with van der Waals surface area (Å²) in [5, 5.41) is 3.15. The fraction of sp³-hybridized carbons (Fsp3) is 0.706. The van der Waals surface area contributed by atoms with E-state index in [1.54, 1.807) is 26.1 Å². The average molecular weight is 349 g/mol. The first kappa shape index (κ1) is 17.7. The number of methoxy groups -OCH3 is 1. The van der Waals surface area contributed by atoms with E-state index < -0.39 is 0 Å². The molecular weight excluding hydrogens is 322 g/mol. The van der Waals surface area contributed by atoms with Gasteiger partial charge in [0.25, 0.3) is 0 Å². The summed E-state index contributed by atoms with van der Waals surface area (Å²) in [6, 6.07) is 1.86. The molecule has 3 rings (SSSR count). The van der Waals surface area contributed by atoms with E-state index in [0.717, 1.165) is 44.8 Å². The molecule has 2 saturated heterocycles. The fourth-order valence-corrected chi connectivity index (χ4v) is 3.69. The van der Waals surface area contributed by atoms with Crippen molar-refractivity contribution < 1.29 is 14.3 Å². The van der Waals surface area contributed by atoms with Crippen LogP contribution in [0.15, 0.2) is 12.4 Å². The molecule has 2 amide bonds. The van der Waals surface area contributed by atoms with Gasteiger partial charge in [-0.25, -0.2) is 14.8 Å². The maximum atomic E-state index is 12.1. The molecule has 1 aromatic heterocycles. The zero-order valence-electron chi connectivity index (χ0n) is 15.2. The molecular formula is C17H27N5O3. The summed E-state index contributed by atoms with van der Waals surface area (Å²) in [5.41, 5.74) is 0.0948. The van der Waals surface area contributed by atoms with Crippen LogP contribution in [0.25, 0.3) is 0 Å². The maximum absolute atomic E-state index is 12.1. The summed E-state index contributed by atoms with van der Waals surface area (Å²) >= 11 is 0. The number of ether oxygens (including phenoxy) is 2. The van der Waals surface area contributed by atoms with Crippen LogP contribution in [0.1, 0.15) is 19.3 Å². The molecule has 0 radical (unpaired) electrons. The Bertz CT molecular complexity index is 602. The maximum Gasteiger partial charge on any atom is 0.317 e. The standard InChI is InChI=1S/C17H27N5O3/c1-21(2)16(23)20-13-11-25-9-6-17(13)4-7-22(8-5-17)14-10-15(24-3)19-12-18-14/h10,12-13H,4-9,11H2,1-3H3,(H,20,23). The molecule has 1 unspecified atom stereocenters. The molecule has 1 aromatic rings. The minimum absolute atomic E-state index is 0.0539. The number of carbonyl (C=O) groups is 1. The van der Waals surface area contributed by atoms with Crippen LogP contribution in [0.5, 0.6) is 5.88 Å². The number of hydrogen-bond donors (Lipinski definition) is 1. The van der Waals surface area contributed by atoms with Crippen molar-refractivity contribution in [3.63, 3.8) is 0 Å². The lowest BCUT2D eigenvalue weighted by Crippen LogP contribution is -2.59. The van der Waals surface area contributed by atoms with Crippen molar-refractivity contribution in [3.8, 4) is 5.88 Å². The molecule has 0 aliphatic carbocycles. The lowest BCUT2D eigenvalue weighted by atomic mass is 9.69. The third kappa shape index (κ3) is 3.78. The zero-order chi connectivity index (χ0) is 17.9. The van der Waals surface area contributed by atoms with Crippen molar-refractivity contribution in [1.82, 2.24) is 20.2 Å². The van der Waals surface area contributed by atoms with Gasteiger partial charge in [-0.05, 0) is 24.7 Å². The minimum Gasteiger partial charge on any atom is -0.481 e. The summed E-state index contributed by atoms with van der Waals surface area (Å²) in [6.45, 7) is 3.14. The van der Waals surface area contributed by atoms with Gasteiger partial charge in [-0.2, -0.15) is 0 Å². The van der Waals surface area contributed by atoms with E-state index in [9.17, 15) is 4.79 Å². The molecule has 8 heteroatoms. The number of hydrogen-bond acceptors (Lipinski definition) is 6. The number of urea groups is 1. The first-order chi connectivity index (χ1) is 12.0. The molecule has 8 nitrogen and oxygen atoms in total. The van der Waals surface area contributed by atoms with Gasteiger partial charge in [0.1, 0.15) is 12.1 Å². The number of nitrogens with one attached hydrogen (secondary N) is 1. The van der Waals surface area contributed by atoms with Gasteiger partial charge in [0, 0.05) is 39.9 Å². The highest BCUT2D eigenvalue weighted by molar-refractivity contribution is 5.74. The second kappa shape index (κ2) is 7.43. The number of aromatic nitrogens is 2. The predicted octanol–water partition coefficient (Wildman–Crippen LogP) is 1.13. The quantitative estimate of drug-likeness (QED) is 0.881. The van der Waals surface area contributed by atoms with Gasteiger partial charge in [-0.15, -0.1) is 0 Å². The summed E-state index contributed by atoms with van der Waals surface area (Å²) in [7, 11) is 5.13. The van der Waals surface area contributed by atoms with Crippen molar-refractivity contribution in [1.29, 1.82) is 0 Å². The van der Waals surface area contributed by atoms with Crippen LogP contribution in [0.2, 0.25) is 0 Å². The SMILES string of the molecule is COc1cc(N2CCC3(CCOCC3NC(=O)N(C)C)CC2)ncn1. The lowest BCUT2D eigenvalue weighted by molar-refractivity contribution is -0.0279. The Morgan fingerprint density at radius 3 is 2.80 bits per heavy atom. The Balaban J connectivity index is 1.68. The van der Waals surface area contributed by atoms with E-state index in [-0.39, 0.29) is 17.5 Å². The average Bonchev–Trinajstić information content (AvgIpc) is 2.64. The van der Waals surface area contributed by atoms with Crippen LogP contribution in [-0.4, -0.2) is 74.4 Å². The van der Waals surface area contributed by atoms with Gasteiger partial charge in [0.15, 0.2) is 0 Å². The van der Waals surface area contributed by atoms with Crippen LogP contribution >= 0.6 is 0 Å². The monoisotopic (exact) mass is 349 g/mol. The normalized spacial score (nSPS) is 22.5. The molecule has 2 aliphatic rings. The van der Waals surface area contributed by atoms with Gasteiger partial charge in [0.2, 0.25) is 5.88 Å². The first-order valence-electron chi connectivity index (χ1n) is 8.71. The van der Waals surface area contributed by atoms with Crippen LogP contribution in [-0.2, 0) is 4.74 Å². The lowest BCUT2D eigenvalue weighted by Gasteiger charge is -2.49. The Hall–Kier alpha value is -2.09. The summed E-state index contributed by atoms with van der Waals surface area (Å²) in [4.78, 5) is 24.4. The van der Waals surface area contributed by atoms with Crippen molar-refractivity contribution in [2.45, 2.75) is 25.3 Å². The van der Waals surface area contributed by atoms with Gasteiger partial charge in [-0.3, -0.25) is 0 Å². The minimum atomic E-state index is -0.0576. The molecule has 3 heterocycles. The van der Waals surface area contributed by atoms with Gasteiger partial charge >= 0.3 is 6.03 Å². The van der Waals surface area contributed by atoms with Crippen LogP contribution in [0.3, 0.4) is 0 Å². The smallest absolute Gasteiger partial charge is 0.317 e. The third-order valence-electron chi connectivity index (χ3n) is 5.39. The van der Waals surface area contributed by atoms with Crippen LogP contribution in [0, 0.1) is 5.41 Å². The molecule has 25 heavy (non-hydrogen) atoms. The summed E-state index contributed by atoms with van der Waals surface area (Å²) < 4.78 is 10.8. The molecule has 0 bridgehead atoms. The number of nitrogens with zero attached hydrogens (tertiary/aromatic N) is 4. The second-order valence-corrected chi connectivity index (χ2v) is 6.99. The van der Waals surface area contributed by atoms with Gasteiger partial charge in [-0.1, -0.05) is 0 Å².